The van der Waals surface area contributed by atoms with E-state index < -0.39 is 5.91 Å². The van der Waals surface area contributed by atoms with Crippen LogP contribution in [-0.2, 0) is 0 Å². The Labute approximate surface area is 79.5 Å². The van der Waals surface area contributed by atoms with Gasteiger partial charge in [-0.05, 0) is 12.1 Å². The topological polar surface area (TPSA) is 58.9 Å². The highest BCUT2D eigenvalue weighted by atomic mass is 35.5. The number of hydrogen-bond donors (Lipinski definition) is 2. The van der Waals surface area contributed by atoms with Crippen LogP contribution >= 0.6 is 11.6 Å². The van der Waals surface area contributed by atoms with Gasteiger partial charge in [-0.15, -0.1) is 0 Å². The van der Waals surface area contributed by atoms with Crippen molar-refractivity contribution in [3.8, 4) is 0 Å². The maximum Gasteiger partial charge on any atom is 0.250 e. The molecular weight excluding hydrogens is 188 g/mol. The first-order valence-corrected chi connectivity index (χ1v) is 4.13. The Morgan fingerprint density at radius 3 is 2.85 bits per heavy atom. The molecule has 0 aliphatic rings. The summed E-state index contributed by atoms with van der Waals surface area (Å²) >= 11 is 5.95. The van der Waals surface area contributed by atoms with Crippen molar-refractivity contribution >= 4 is 28.4 Å². The van der Waals surface area contributed by atoms with Gasteiger partial charge in [-0.1, -0.05) is 17.7 Å². The Hall–Kier alpha value is -1.48. The molecular formula is C9H7ClN2O. The molecule has 2 aromatic rings. The zero-order valence-corrected chi connectivity index (χ0v) is 7.43. The van der Waals surface area contributed by atoms with Gasteiger partial charge in [0, 0.05) is 11.6 Å². The number of nitrogens with one attached hydrogen (secondary N) is 1. The molecule has 1 heterocycles. The lowest BCUT2D eigenvalue weighted by atomic mass is 10.1. The molecule has 0 radical (unpaired) electrons. The molecule has 2 rings (SSSR count). The smallest absolute Gasteiger partial charge is 0.250 e. The molecule has 0 unspecified atom stereocenters. The summed E-state index contributed by atoms with van der Waals surface area (Å²) in [5.74, 6) is -0.512. The van der Waals surface area contributed by atoms with Gasteiger partial charge >= 0.3 is 0 Å². The van der Waals surface area contributed by atoms with Crippen LogP contribution in [-0.4, -0.2) is 10.9 Å². The van der Waals surface area contributed by atoms with Crippen LogP contribution in [0.15, 0.2) is 24.4 Å². The van der Waals surface area contributed by atoms with Gasteiger partial charge in [0.15, 0.2) is 0 Å². The van der Waals surface area contributed by atoms with Crippen molar-refractivity contribution in [1.29, 1.82) is 0 Å². The number of amides is 1. The fourth-order valence-corrected chi connectivity index (χ4v) is 1.60. The number of hydrogen-bond acceptors (Lipinski definition) is 1. The number of primary amides is 1. The summed E-state index contributed by atoms with van der Waals surface area (Å²) in [5, 5.41) is 1.35. The molecule has 13 heavy (non-hydrogen) atoms. The van der Waals surface area contributed by atoms with Crippen LogP contribution in [0.25, 0.3) is 10.9 Å². The second-order valence-corrected chi connectivity index (χ2v) is 3.11. The minimum Gasteiger partial charge on any atom is -0.366 e. The van der Waals surface area contributed by atoms with Gasteiger partial charge in [0.25, 0.3) is 0 Å². The predicted octanol–water partition coefficient (Wildman–Crippen LogP) is 1.92. The standard InChI is InChI=1S/C9H7ClN2O/c10-7-6(9(11)13)2-1-5-3-4-12-8(5)7/h1-4,12H,(H2,11,13). The third-order valence-electron chi connectivity index (χ3n) is 1.93. The Bertz CT molecular complexity index is 475. The Morgan fingerprint density at radius 1 is 1.38 bits per heavy atom. The molecule has 1 aromatic heterocycles. The second kappa shape index (κ2) is 2.78. The summed E-state index contributed by atoms with van der Waals surface area (Å²) in [4.78, 5) is 13.9. The minimum atomic E-state index is -0.512. The summed E-state index contributed by atoms with van der Waals surface area (Å²) in [5.41, 5.74) is 6.23. The SMILES string of the molecule is NC(=O)c1ccc2cc[nH]c2c1Cl. The van der Waals surface area contributed by atoms with E-state index in [1.165, 1.54) is 0 Å². The first kappa shape index (κ1) is 8.13. The highest BCUT2D eigenvalue weighted by Crippen LogP contribution is 2.25. The van der Waals surface area contributed by atoms with Crippen molar-refractivity contribution < 1.29 is 4.79 Å². The van der Waals surface area contributed by atoms with Crippen molar-refractivity contribution in [2.24, 2.45) is 5.73 Å². The lowest BCUT2D eigenvalue weighted by molar-refractivity contribution is 0.100. The number of benzene rings is 1. The van der Waals surface area contributed by atoms with Gasteiger partial charge in [0.1, 0.15) is 0 Å². The van der Waals surface area contributed by atoms with Gasteiger partial charge in [-0.3, -0.25) is 4.79 Å². The third-order valence-corrected chi connectivity index (χ3v) is 2.32. The molecule has 0 aliphatic carbocycles. The molecule has 0 saturated heterocycles. The van der Waals surface area contributed by atoms with Crippen molar-refractivity contribution in [2.75, 3.05) is 0 Å². The normalized spacial score (nSPS) is 10.5. The molecule has 0 fully saturated rings. The number of halogens is 1. The largest absolute Gasteiger partial charge is 0.366 e. The van der Waals surface area contributed by atoms with Crippen LogP contribution in [0.1, 0.15) is 10.4 Å². The van der Waals surface area contributed by atoms with Gasteiger partial charge in [0.2, 0.25) is 5.91 Å². The maximum atomic E-state index is 10.9. The molecule has 1 amide bonds. The van der Waals surface area contributed by atoms with Crippen molar-refractivity contribution in [1.82, 2.24) is 4.98 Å². The average molecular weight is 195 g/mol. The van der Waals surface area contributed by atoms with Crippen LogP contribution in [0.2, 0.25) is 5.02 Å². The first-order chi connectivity index (χ1) is 6.20. The number of nitrogens with two attached hydrogens (primary N) is 1. The minimum absolute atomic E-state index is 0.344. The van der Waals surface area contributed by atoms with E-state index in [2.05, 4.69) is 4.98 Å². The highest BCUT2D eigenvalue weighted by Gasteiger charge is 2.09. The highest BCUT2D eigenvalue weighted by molar-refractivity contribution is 6.38. The third kappa shape index (κ3) is 1.17. The van der Waals surface area contributed by atoms with Gasteiger partial charge < -0.3 is 10.7 Å². The molecule has 4 heteroatoms. The first-order valence-electron chi connectivity index (χ1n) is 3.75. The van der Waals surface area contributed by atoms with Crippen LogP contribution < -0.4 is 5.73 Å². The molecule has 66 valence electrons. The maximum absolute atomic E-state index is 10.9. The molecule has 0 spiro atoms. The fourth-order valence-electron chi connectivity index (χ4n) is 1.28. The predicted molar refractivity (Wildman–Crippen MR) is 51.8 cm³/mol. The molecule has 3 N–H and O–H groups in total. The zero-order chi connectivity index (χ0) is 9.42. The number of rotatable bonds is 1. The molecule has 3 nitrogen and oxygen atoms in total. The number of aromatic amines is 1. The average Bonchev–Trinajstić information content (AvgIpc) is 2.52. The molecule has 1 aromatic carbocycles. The van der Waals surface area contributed by atoms with E-state index in [9.17, 15) is 4.79 Å². The fraction of sp³-hybridized carbons (Fsp3) is 0. The number of aromatic nitrogens is 1. The van der Waals surface area contributed by atoms with Crippen LogP contribution in [0.5, 0.6) is 0 Å². The van der Waals surface area contributed by atoms with E-state index in [4.69, 9.17) is 17.3 Å². The summed E-state index contributed by atoms with van der Waals surface area (Å²) in [6, 6.07) is 5.31. The number of carbonyl (C=O) groups is 1. The number of fused-ring (bicyclic) bond motifs is 1. The summed E-state index contributed by atoms with van der Waals surface area (Å²) < 4.78 is 0. The van der Waals surface area contributed by atoms with Gasteiger partial charge in [-0.2, -0.15) is 0 Å². The summed E-state index contributed by atoms with van der Waals surface area (Å²) in [6.07, 6.45) is 1.77. The van der Waals surface area contributed by atoms with E-state index in [1.807, 2.05) is 6.07 Å². The molecule has 0 atom stereocenters. The van der Waals surface area contributed by atoms with Gasteiger partial charge in [-0.25, -0.2) is 0 Å². The molecule has 0 aliphatic heterocycles. The van der Waals surface area contributed by atoms with Gasteiger partial charge in [0.05, 0.1) is 16.1 Å². The lowest BCUT2D eigenvalue weighted by Crippen LogP contribution is -2.11. The van der Waals surface area contributed by atoms with Crippen molar-refractivity contribution in [3.63, 3.8) is 0 Å². The van der Waals surface area contributed by atoms with Crippen LogP contribution in [0, 0.1) is 0 Å². The Kier molecular flexibility index (Phi) is 1.74. The number of H-pyrrole nitrogens is 1. The lowest BCUT2D eigenvalue weighted by Gasteiger charge is -1.99. The molecule has 0 bridgehead atoms. The quantitative estimate of drug-likeness (QED) is 0.716. The van der Waals surface area contributed by atoms with Crippen LogP contribution in [0.4, 0.5) is 0 Å². The zero-order valence-electron chi connectivity index (χ0n) is 6.67. The number of carbonyl (C=O) groups excluding carboxylic acids is 1. The van der Waals surface area contributed by atoms with E-state index in [1.54, 1.807) is 18.3 Å². The van der Waals surface area contributed by atoms with Crippen LogP contribution in [0.3, 0.4) is 0 Å². The van der Waals surface area contributed by atoms with Crippen molar-refractivity contribution in [3.05, 3.63) is 35.0 Å². The second-order valence-electron chi connectivity index (χ2n) is 2.73. The van der Waals surface area contributed by atoms with Crippen molar-refractivity contribution in [2.45, 2.75) is 0 Å². The van der Waals surface area contributed by atoms with E-state index >= 15 is 0 Å². The monoisotopic (exact) mass is 194 g/mol. The molecule has 0 saturated carbocycles. The van der Waals surface area contributed by atoms with E-state index in [0.717, 1.165) is 10.9 Å². The van der Waals surface area contributed by atoms with E-state index in [0.29, 0.717) is 10.6 Å². The summed E-state index contributed by atoms with van der Waals surface area (Å²) in [7, 11) is 0. The summed E-state index contributed by atoms with van der Waals surface area (Å²) in [6.45, 7) is 0. The Morgan fingerprint density at radius 2 is 2.15 bits per heavy atom. The Balaban J connectivity index is 2.80. The van der Waals surface area contributed by atoms with E-state index in [-0.39, 0.29) is 0 Å².